The number of rotatable bonds is 4. The summed E-state index contributed by atoms with van der Waals surface area (Å²) in [6, 6.07) is 20.2. The topological polar surface area (TPSA) is 60.0 Å². The van der Waals surface area contributed by atoms with Crippen LogP contribution in [0.5, 0.6) is 0 Å². The van der Waals surface area contributed by atoms with Crippen LogP contribution in [-0.2, 0) is 4.74 Å². The van der Waals surface area contributed by atoms with E-state index in [2.05, 4.69) is 0 Å². The van der Waals surface area contributed by atoms with Crippen LogP contribution in [0.2, 0.25) is 0 Å². The summed E-state index contributed by atoms with van der Waals surface area (Å²) in [6.45, 7) is 3.87. The SMILES string of the molecule is CC1=C(c2ccc(C)cc2)C(=C(C#N)C#N)C=C(C=Cc2ccc(N(C)C)cc2)O1. The van der Waals surface area contributed by atoms with E-state index in [1.807, 2.05) is 106 Å². The zero-order valence-electron chi connectivity index (χ0n) is 17.6. The Kier molecular flexibility index (Phi) is 6.20. The van der Waals surface area contributed by atoms with Crippen molar-refractivity contribution >= 4 is 17.3 Å². The molecule has 0 spiro atoms. The first kappa shape index (κ1) is 20.7. The molecular weight excluding hydrogens is 370 g/mol. The van der Waals surface area contributed by atoms with Gasteiger partial charge in [-0.1, -0.05) is 48.0 Å². The third-order valence-corrected chi connectivity index (χ3v) is 4.86. The zero-order chi connectivity index (χ0) is 21.7. The smallest absolute Gasteiger partial charge is 0.137 e. The minimum absolute atomic E-state index is 0.0643. The lowest BCUT2D eigenvalue weighted by Gasteiger charge is -2.21. The molecule has 0 bridgehead atoms. The van der Waals surface area contributed by atoms with Crippen molar-refractivity contribution in [2.75, 3.05) is 19.0 Å². The second-order valence-corrected chi connectivity index (χ2v) is 7.28. The highest BCUT2D eigenvalue weighted by Gasteiger charge is 2.21. The van der Waals surface area contributed by atoms with Gasteiger partial charge in [-0.15, -0.1) is 0 Å². The van der Waals surface area contributed by atoms with Crippen LogP contribution in [0.3, 0.4) is 0 Å². The van der Waals surface area contributed by atoms with Gasteiger partial charge >= 0.3 is 0 Å². The number of hydrogen-bond acceptors (Lipinski definition) is 4. The van der Waals surface area contributed by atoms with Gasteiger partial charge < -0.3 is 9.64 Å². The van der Waals surface area contributed by atoms with Gasteiger partial charge in [0, 0.05) is 30.9 Å². The lowest BCUT2D eigenvalue weighted by atomic mass is 9.91. The number of allylic oxidation sites excluding steroid dienone is 6. The van der Waals surface area contributed by atoms with Crippen LogP contribution in [0, 0.1) is 29.6 Å². The maximum absolute atomic E-state index is 9.49. The van der Waals surface area contributed by atoms with Crippen LogP contribution in [0.25, 0.3) is 11.6 Å². The minimum atomic E-state index is 0.0643. The molecule has 0 amide bonds. The number of anilines is 1. The molecule has 0 fully saturated rings. The van der Waals surface area contributed by atoms with Gasteiger partial charge in [-0.3, -0.25) is 0 Å². The summed E-state index contributed by atoms with van der Waals surface area (Å²) >= 11 is 0. The summed E-state index contributed by atoms with van der Waals surface area (Å²) in [7, 11) is 4.00. The molecule has 3 rings (SSSR count). The average molecular weight is 393 g/mol. The van der Waals surface area contributed by atoms with Crippen molar-refractivity contribution in [1.82, 2.24) is 0 Å². The van der Waals surface area contributed by atoms with Gasteiger partial charge in [-0.25, -0.2) is 0 Å². The van der Waals surface area contributed by atoms with Crippen LogP contribution in [0.15, 0.2) is 83.3 Å². The van der Waals surface area contributed by atoms with Gasteiger partial charge in [0.15, 0.2) is 0 Å². The molecule has 0 unspecified atom stereocenters. The minimum Gasteiger partial charge on any atom is -0.461 e. The van der Waals surface area contributed by atoms with Crippen molar-refractivity contribution in [3.8, 4) is 12.1 Å². The lowest BCUT2D eigenvalue weighted by molar-refractivity contribution is 0.321. The summed E-state index contributed by atoms with van der Waals surface area (Å²) in [6.07, 6.45) is 5.56. The molecule has 30 heavy (non-hydrogen) atoms. The molecular formula is C26H23N3O. The molecule has 1 aliphatic rings. The maximum Gasteiger partial charge on any atom is 0.137 e. The predicted molar refractivity (Wildman–Crippen MR) is 121 cm³/mol. The van der Waals surface area contributed by atoms with Crippen LogP contribution in [0.1, 0.15) is 23.6 Å². The molecule has 0 aliphatic carbocycles. The van der Waals surface area contributed by atoms with Crippen LogP contribution in [0.4, 0.5) is 5.69 Å². The second kappa shape index (κ2) is 8.99. The van der Waals surface area contributed by atoms with Crippen molar-refractivity contribution in [1.29, 1.82) is 10.5 Å². The van der Waals surface area contributed by atoms with E-state index in [9.17, 15) is 10.5 Å². The van der Waals surface area contributed by atoms with E-state index >= 15 is 0 Å². The standard InChI is InChI=1S/C26H23N3O/c1-18-5-10-21(11-6-18)26-19(2)30-24(15-25(26)22(16-27)17-28)14-9-20-7-12-23(13-8-20)29(3)4/h5-15H,1-4H3. The molecule has 0 saturated heterocycles. The number of ether oxygens (including phenoxy) is 1. The Morgan fingerprint density at radius 1 is 0.900 bits per heavy atom. The second-order valence-electron chi connectivity index (χ2n) is 7.28. The zero-order valence-corrected chi connectivity index (χ0v) is 17.6. The summed E-state index contributed by atoms with van der Waals surface area (Å²) in [5.74, 6) is 1.24. The van der Waals surface area contributed by atoms with E-state index in [1.54, 1.807) is 6.08 Å². The van der Waals surface area contributed by atoms with Gasteiger partial charge in [0.05, 0.1) is 0 Å². The number of benzene rings is 2. The fourth-order valence-electron chi connectivity index (χ4n) is 3.23. The number of nitrogens with zero attached hydrogens (tertiary/aromatic N) is 3. The molecule has 1 aliphatic heterocycles. The third-order valence-electron chi connectivity index (χ3n) is 4.86. The first-order valence-electron chi connectivity index (χ1n) is 9.60. The Labute approximate surface area is 177 Å². The quantitative estimate of drug-likeness (QED) is 0.619. The van der Waals surface area contributed by atoms with Crippen molar-refractivity contribution in [3.05, 3.63) is 100 Å². The largest absolute Gasteiger partial charge is 0.461 e. The molecule has 4 heteroatoms. The van der Waals surface area contributed by atoms with E-state index < -0.39 is 0 Å². The number of hydrogen-bond donors (Lipinski definition) is 0. The Bertz CT molecular complexity index is 1130. The molecule has 0 atom stereocenters. The van der Waals surface area contributed by atoms with Gasteiger partial charge in [0.1, 0.15) is 29.2 Å². The monoisotopic (exact) mass is 393 g/mol. The van der Waals surface area contributed by atoms with E-state index in [-0.39, 0.29) is 5.57 Å². The van der Waals surface area contributed by atoms with E-state index in [1.165, 1.54) is 0 Å². The summed E-state index contributed by atoms with van der Waals surface area (Å²) < 4.78 is 6.03. The van der Waals surface area contributed by atoms with Gasteiger partial charge in [-0.2, -0.15) is 10.5 Å². The molecule has 1 heterocycles. The van der Waals surface area contributed by atoms with Crippen molar-refractivity contribution in [2.45, 2.75) is 13.8 Å². The predicted octanol–water partition coefficient (Wildman–Crippen LogP) is 5.76. The fraction of sp³-hybridized carbons (Fsp3) is 0.154. The molecule has 0 radical (unpaired) electrons. The van der Waals surface area contributed by atoms with Crippen LogP contribution < -0.4 is 4.90 Å². The third kappa shape index (κ3) is 4.51. The van der Waals surface area contributed by atoms with Crippen molar-refractivity contribution in [3.63, 3.8) is 0 Å². The fourth-order valence-corrected chi connectivity index (χ4v) is 3.23. The Hall–Kier alpha value is -4.02. The first-order valence-corrected chi connectivity index (χ1v) is 9.60. The Morgan fingerprint density at radius 3 is 2.10 bits per heavy atom. The first-order chi connectivity index (χ1) is 14.4. The summed E-state index contributed by atoms with van der Waals surface area (Å²) in [5, 5.41) is 19.0. The highest BCUT2D eigenvalue weighted by atomic mass is 16.5. The Morgan fingerprint density at radius 2 is 1.53 bits per heavy atom. The molecule has 2 aromatic carbocycles. The average Bonchev–Trinajstić information content (AvgIpc) is 2.74. The highest BCUT2D eigenvalue weighted by Crippen LogP contribution is 2.36. The molecule has 148 valence electrons. The van der Waals surface area contributed by atoms with E-state index in [0.717, 1.165) is 28.0 Å². The lowest BCUT2D eigenvalue weighted by Crippen LogP contribution is -2.07. The van der Waals surface area contributed by atoms with Gasteiger partial charge in [0.25, 0.3) is 0 Å². The van der Waals surface area contributed by atoms with Crippen molar-refractivity contribution in [2.24, 2.45) is 0 Å². The Balaban J connectivity index is 1.98. The van der Waals surface area contributed by atoms with E-state index in [4.69, 9.17) is 4.74 Å². The number of aryl methyl sites for hydroxylation is 1. The van der Waals surface area contributed by atoms with E-state index in [0.29, 0.717) is 17.1 Å². The van der Waals surface area contributed by atoms with Gasteiger partial charge in [0.2, 0.25) is 0 Å². The summed E-state index contributed by atoms with van der Waals surface area (Å²) in [4.78, 5) is 2.05. The number of nitriles is 2. The molecule has 0 aromatic heterocycles. The molecule has 4 nitrogen and oxygen atoms in total. The normalized spacial score (nSPS) is 13.4. The van der Waals surface area contributed by atoms with Crippen molar-refractivity contribution < 1.29 is 4.74 Å². The summed E-state index contributed by atoms with van der Waals surface area (Å²) in [5.41, 5.74) is 5.61. The molecule has 0 saturated carbocycles. The highest BCUT2D eigenvalue weighted by molar-refractivity contribution is 5.87. The maximum atomic E-state index is 9.49. The molecule has 0 N–H and O–H groups in total. The van der Waals surface area contributed by atoms with Crippen LogP contribution >= 0.6 is 0 Å². The van der Waals surface area contributed by atoms with Crippen LogP contribution in [-0.4, -0.2) is 14.1 Å². The molecule has 2 aromatic rings. The van der Waals surface area contributed by atoms with Gasteiger partial charge in [-0.05, 0) is 49.3 Å².